The minimum absolute atomic E-state index is 0.0418. The number of nitrogens with one attached hydrogen (secondary N) is 1. The molecule has 0 saturated carbocycles. The van der Waals surface area contributed by atoms with Crippen LogP contribution in [0.15, 0.2) is 30.4 Å². The summed E-state index contributed by atoms with van der Waals surface area (Å²) in [6.07, 6.45) is 1.80. The van der Waals surface area contributed by atoms with E-state index in [2.05, 4.69) is 5.32 Å². The fraction of sp³-hybridized carbons (Fsp3) is 0.312. The number of ether oxygens (including phenoxy) is 1. The zero-order valence-corrected chi connectivity index (χ0v) is 13.1. The first-order valence-electron chi connectivity index (χ1n) is 7.16. The molecule has 0 aliphatic carbocycles. The molecule has 8 nitrogen and oxygen atoms in total. The summed E-state index contributed by atoms with van der Waals surface area (Å²) in [5.74, 6) is -1.72. The van der Waals surface area contributed by atoms with Gasteiger partial charge in [-0.05, 0) is 25.5 Å². The smallest absolute Gasteiger partial charge is 0.328 e. The number of carbonyl (C=O) groups excluding carboxylic acids is 1. The van der Waals surface area contributed by atoms with Crippen molar-refractivity contribution in [1.82, 2.24) is 0 Å². The summed E-state index contributed by atoms with van der Waals surface area (Å²) in [6, 6.07) is 5.56. The highest BCUT2D eigenvalue weighted by molar-refractivity contribution is 5.94. The molecule has 0 spiro atoms. The zero-order valence-electron chi connectivity index (χ0n) is 13.1. The first-order valence-corrected chi connectivity index (χ1v) is 7.16. The zero-order chi connectivity index (χ0) is 18.1. The third-order valence-electron chi connectivity index (χ3n) is 2.86. The molecule has 1 unspecified atom stereocenters. The normalized spacial score (nSPS) is 14.0. The summed E-state index contributed by atoms with van der Waals surface area (Å²) < 4.78 is 5.50. The summed E-state index contributed by atoms with van der Waals surface area (Å²) in [7, 11) is 0. The number of aliphatic hydroxyl groups excluding tert-OH is 1. The largest absolute Gasteiger partial charge is 0.491 e. The van der Waals surface area contributed by atoms with E-state index >= 15 is 0 Å². The first-order chi connectivity index (χ1) is 11.3. The van der Waals surface area contributed by atoms with Crippen LogP contribution in [0, 0.1) is 0 Å². The predicted molar refractivity (Wildman–Crippen MR) is 85.0 cm³/mol. The molecule has 8 heteroatoms. The Morgan fingerprint density at radius 3 is 2.42 bits per heavy atom. The van der Waals surface area contributed by atoms with Gasteiger partial charge in [-0.3, -0.25) is 4.79 Å². The van der Waals surface area contributed by atoms with Gasteiger partial charge >= 0.3 is 11.9 Å². The van der Waals surface area contributed by atoms with Gasteiger partial charge in [0.2, 0.25) is 5.91 Å². The Balaban J connectivity index is 0.000000307. The van der Waals surface area contributed by atoms with Crippen LogP contribution < -0.4 is 10.1 Å². The molecule has 1 heterocycles. The molecule has 1 aliphatic heterocycles. The Hall–Kier alpha value is -2.87. The lowest BCUT2D eigenvalue weighted by molar-refractivity contribution is -0.134. The average Bonchev–Trinajstić information content (AvgIpc) is 2.51. The van der Waals surface area contributed by atoms with Crippen molar-refractivity contribution in [1.29, 1.82) is 0 Å². The maximum absolute atomic E-state index is 11.2. The number of anilines is 1. The van der Waals surface area contributed by atoms with E-state index in [0.29, 0.717) is 25.0 Å². The van der Waals surface area contributed by atoms with Gasteiger partial charge in [0.05, 0.1) is 6.10 Å². The van der Waals surface area contributed by atoms with Crippen molar-refractivity contribution in [2.45, 2.75) is 25.9 Å². The lowest BCUT2D eigenvalue weighted by Gasteiger charge is -2.20. The fourth-order valence-corrected chi connectivity index (χ4v) is 1.88. The van der Waals surface area contributed by atoms with Crippen LogP contribution in [0.25, 0.3) is 0 Å². The third kappa shape index (κ3) is 6.93. The number of carboxylic acids is 2. The summed E-state index contributed by atoms with van der Waals surface area (Å²) in [4.78, 5) is 30.3. The maximum atomic E-state index is 11.2. The van der Waals surface area contributed by atoms with Crippen molar-refractivity contribution in [3.05, 3.63) is 35.9 Å². The molecule has 0 radical (unpaired) electrons. The molecule has 24 heavy (non-hydrogen) atoms. The highest BCUT2D eigenvalue weighted by Crippen LogP contribution is 2.30. The number of aliphatic carboxylic acids is 2. The second-order valence-corrected chi connectivity index (χ2v) is 5.00. The second-order valence-electron chi connectivity index (χ2n) is 5.00. The molecule has 4 N–H and O–H groups in total. The molecule has 0 saturated heterocycles. The van der Waals surface area contributed by atoms with Crippen molar-refractivity contribution in [3.63, 3.8) is 0 Å². The summed E-state index contributed by atoms with van der Waals surface area (Å²) in [5.41, 5.74) is 1.84. The van der Waals surface area contributed by atoms with Gasteiger partial charge in [0.1, 0.15) is 12.4 Å². The van der Waals surface area contributed by atoms with Crippen LogP contribution in [-0.4, -0.2) is 45.9 Å². The number of amides is 1. The SMILES string of the molecule is CC(O)COc1cccc2c1CCC(=O)N2.O=C(O)/C=C/C(=O)O. The number of hydrogen-bond donors (Lipinski definition) is 4. The summed E-state index contributed by atoms with van der Waals surface area (Å²) in [6.45, 7) is 1.95. The Bertz CT molecular complexity index is 621. The highest BCUT2D eigenvalue weighted by atomic mass is 16.5. The van der Waals surface area contributed by atoms with Crippen molar-refractivity contribution in [2.75, 3.05) is 11.9 Å². The lowest BCUT2D eigenvalue weighted by atomic mass is 10.0. The summed E-state index contributed by atoms with van der Waals surface area (Å²) >= 11 is 0. The molecule has 0 fully saturated rings. The first kappa shape index (κ1) is 19.2. The van der Waals surface area contributed by atoms with E-state index in [1.54, 1.807) is 6.92 Å². The predicted octanol–water partition coefficient (Wildman–Crippen LogP) is 1.04. The van der Waals surface area contributed by atoms with Gasteiger partial charge in [-0.1, -0.05) is 6.07 Å². The average molecular weight is 337 g/mol. The van der Waals surface area contributed by atoms with Gasteiger partial charge in [0.25, 0.3) is 0 Å². The highest BCUT2D eigenvalue weighted by Gasteiger charge is 2.18. The number of carboxylic acid groups (broad SMARTS) is 2. The number of fused-ring (bicyclic) bond motifs is 1. The number of carbonyl (C=O) groups is 3. The van der Waals surface area contributed by atoms with Gasteiger partial charge in [0, 0.05) is 29.8 Å². The minimum Gasteiger partial charge on any atom is -0.491 e. The van der Waals surface area contributed by atoms with Crippen LogP contribution >= 0.6 is 0 Å². The number of rotatable bonds is 5. The standard InChI is InChI=1S/C12H15NO3.C4H4O4/c1-8(14)7-16-11-4-2-3-10-9(11)5-6-12(15)13-10;5-3(6)1-2-4(7)8/h2-4,8,14H,5-7H2,1H3,(H,13,15);1-2H,(H,5,6)(H,7,8)/b;2-1+. The molecule has 0 bridgehead atoms. The molecule has 0 aromatic heterocycles. The Morgan fingerprint density at radius 1 is 1.25 bits per heavy atom. The van der Waals surface area contributed by atoms with Crippen molar-refractivity contribution >= 4 is 23.5 Å². The van der Waals surface area contributed by atoms with Gasteiger partial charge in [-0.25, -0.2) is 9.59 Å². The molecule has 1 amide bonds. The molecule has 2 rings (SSSR count). The van der Waals surface area contributed by atoms with E-state index in [4.69, 9.17) is 20.1 Å². The Labute approximate surface area is 138 Å². The monoisotopic (exact) mass is 337 g/mol. The Kier molecular flexibility index (Phi) is 7.44. The minimum atomic E-state index is -1.26. The fourth-order valence-electron chi connectivity index (χ4n) is 1.88. The van der Waals surface area contributed by atoms with Gasteiger partial charge < -0.3 is 25.4 Å². The van der Waals surface area contributed by atoms with E-state index in [1.165, 1.54) is 0 Å². The van der Waals surface area contributed by atoms with E-state index in [1.807, 2.05) is 18.2 Å². The van der Waals surface area contributed by atoms with Crippen LogP contribution in [-0.2, 0) is 20.8 Å². The topological polar surface area (TPSA) is 133 Å². The third-order valence-corrected chi connectivity index (χ3v) is 2.86. The lowest BCUT2D eigenvalue weighted by Crippen LogP contribution is -2.20. The molecular weight excluding hydrogens is 318 g/mol. The van der Waals surface area contributed by atoms with Crippen molar-refractivity contribution in [2.24, 2.45) is 0 Å². The van der Waals surface area contributed by atoms with E-state index in [0.717, 1.165) is 17.0 Å². The van der Waals surface area contributed by atoms with Crippen molar-refractivity contribution in [3.8, 4) is 5.75 Å². The maximum Gasteiger partial charge on any atom is 0.328 e. The van der Waals surface area contributed by atoms with Crippen LogP contribution in [0.1, 0.15) is 18.9 Å². The second kappa shape index (κ2) is 9.31. The number of aliphatic hydroxyl groups is 1. The number of benzene rings is 1. The quantitative estimate of drug-likeness (QED) is 0.590. The van der Waals surface area contributed by atoms with Crippen molar-refractivity contribution < 1.29 is 34.4 Å². The number of hydrogen-bond acceptors (Lipinski definition) is 5. The van der Waals surface area contributed by atoms with Gasteiger partial charge in [-0.2, -0.15) is 0 Å². The Morgan fingerprint density at radius 2 is 1.88 bits per heavy atom. The molecular formula is C16H19NO7. The molecule has 1 aromatic rings. The van der Waals surface area contributed by atoms with E-state index < -0.39 is 18.0 Å². The van der Waals surface area contributed by atoms with E-state index in [9.17, 15) is 14.4 Å². The van der Waals surface area contributed by atoms with Crippen LogP contribution in [0.2, 0.25) is 0 Å². The van der Waals surface area contributed by atoms with Crippen LogP contribution in [0.4, 0.5) is 5.69 Å². The van der Waals surface area contributed by atoms with Crippen LogP contribution in [0.3, 0.4) is 0 Å². The van der Waals surface area contributed by atoms with Crippen LogP contribution in [0.5, 0.6) is 5.75 Å². The molecule has 1 atom stereocenters. The molecule has 1 aliphatic rings. The van der Waals surface area contributed by atoms with Gasteiger partial charge in [-0.15, -0.1) is 0 Å². The molecule has 1 aromatic carbocycles. The summed E-state index contributed by atoms with van der Waals surface area (Å²) in [5, 5.41) is 27.6. The van der Waals surface area contributed by atoms with E-state index in [-0.39, 0.29) is 12.5 Å². The molecule has 130 valence electrons. The van der Waals surface area contributed by atoms with Gasteiger partial charge in [0.15, 0.2) is 0 Å².